The number of aromatic nitrogens is 3. The average Bonchev–Trinajstić information content (AvgIpc) is 3.17. The van der Waals surface area contributed by atoms with Gasteiger partial charge in [-0.05, 0) is 30.3 Å². The number of hydrogen-bond donors (Lipinski definition) is 0. The van der Waals surface area contributed by atoms with E-state index in [0.717, 1.165) is 16.5 Å². The van der Waals surface area contributed by atoms with Crippen molar-refractivity contribution in [2.75, 3.05) is 0 Å². The first-order chi connectivity index (χ1) is 12.1. The topological polar surface area (TPSA) is 47.8 Å². The minimum atomic E-state index is -0.218. The minimum Gasteiger partial charge on any atom is -0.267 e. The fourth-order valence-electron chi connectivity index (χ4n) is 2.67. The van der Waals surface area contributed by atoms with E-state index < -0.39 is 0 Å². The zero-order chi connectivity index (χ0) is 17.4. The Labute approximate surface area is 153 Å². The molecule has 0 N–H and O–H groups in total. The van der Waals surface area contributed by atoms with Crippen molar-refractivity contribution in [2.45, 2.75) is 0 Å². The lowest BCUT2D eigenvalue weighted by atomic mass is 10.0. The summed E-state index contributed by atoms with van der Waals surface area (Å²) in [6.45, 7) is 0. The van der Waals surface area contributed by atoms with Crippen LogP contribution < -0.4 is 0 Å². The summed E-state index contributed by atoms with van der Waals surface area (Å²) in [5, 5.41) is 5.72. The molecule has 4 rings (SSSR count). The molecule has 122 valence electrons. The average molecular weight is 368 g/mol. The number of carbonyl (C=O) groups excluding carboxylic acids is 1. The smallest absolute Gasteiger partial charge is 0.267 e. The van der Waals surface area contributed by atoms with Crippen molar-refractivity contribution in [2.24, 2.45) is 0 Å². The molecule has 0 fully saturated rings. The summed E-state index contributed by atoms with van der Waals surface area (Å²) in [6, 6.07) is 16.3. The van der Waals surface area contributed by atoms with Gasteiger partial charge in [-0.2, -0.15) is 5.10 Å². The van der Waals surface area contributed by atoms with Crippen molar-refractivity contribution in [3.63, 3.8) is 0 Å². The highest BCUT2D eigenvalue weighted by Gasteiger charge is 2.16. The SMILES string of the molecule is O=C(c1cc(-c2ccc(Cl)c(Cl)c2)nc2ccccc12)n1cccn1. The summed E-state index contributed by atoms with van der Waals surface area (Å²) in [5.74, 6) is -0.218. The fraction of sp³-hybridized carbons (Fsp3) is 0. The number of nitrogens with zero attached hydrogens (tertiary/aromatic N) is 3. The Hall–Kier alpha value is -2.69. The van der Waals surface area contributed by atoms with E-state index in [1.165, 1.54) is 4.68 Å². The molecule has 4 aromatic rings. The van der Waals surface area contributed by atoms with Crippen molar-refractivity contribution in [1.29, 1.82) is 0 Å². The van der Waals surface area contributed by atoms with Crippen LogP contribution in [-0.2, 0) is 0 Å². The molecule has 0 spiro atoms. The third-order valence-corrected chi connectivity index (χ3v) is 4.61. The van der Waals surface area contributed by atoms with Crippen LogP contribution in [-0.4, -0.2) is 20.7 Å². The lowest BCUT2D eigenvalue weighted by molar-refractivity contribution is 0.0946. The highest BCUT2D eigenvalue weighted by molar-refractivity contribution is 6.42. The normalized spacial score (nSPS) is 11.0. The van der Waals surface area contributed by atoms with Crippen LogP contribution in [0.25, 0.3) is 22.2 Å². The number of fused-ring (bicyclic) bond motifs is 1. The molecular weight excluding hydrogens is 357 g/mol. The van der Waals surface area contributed by atoms with Gasteiger partial charge in [-0.1, -0.05) is 47.5 Å². The van der Waals surface area contributed by atoms with Gasteiger partial charge < -0.3 is 0 Å². The molecule has 0 aliphatic rings. The quantitative estimate of drug-likeness (QED) is 0.495. The molecule has 6 heteroatoms. The molecule has 0 radical (unpaired) electrons. The van der Waals surface area contributed by atoms with Crippen LogP contribution >= 0.6 is 23.2 Å². The standard InChI is InChI=1S/C19H11Cl2N3O/c20-15-7-6-12(10-16(15)21)18-11-14(19(25)24-9-3-8-22-24)13-4-1-2-5-17(13)23-18/h1-11H. The lowest BCUT2D eigenvalue weighted by Crippen LogP contribution is -2.13. The van der Waals surface area contributed by atoms with Crippen LogP contribution in [0.5, 0.6) is 0 Å². The molecular formula is C19H11Cl2N3O. The van der Waals surface area contributed by atoms with Gasteiger partial charge in [0.2, 0.25) is 0 Å². The Morgan fingerprint density at radius 1 is 0.960 bits per heavy atom. The first-order valence-corrected chi connectivity index (χ1v) is 8.28. The Bertz CT molecular complexity index is 1090. The second-order valence-corrected chi connectivity index (χ2v) is 6.27. The Balaban J connectivity index is 1.95. The van der Waals surface area contributed by atoms with Crippen molar-refractivity contribution in [3.8, 4) is 11.3 Å². The predicted molar refractivity (Wildman–Crippen MR) is 99.2 cm³/mol. The van der Waals surface area contributed by atoms with Gasteiger partial charge >= 0.3 is 0 Å². The molecule has 0 saturated carbocycles. The summed E-state index contributed by atoms with van der Waals surface area (Å²) < 4.78 is 1.31. The van der Waals surface area contributed by atoms with E-state index in [1.807, 2.05) is 30.3 Å². The number of hydrogen-bond acceptors (Lipinski definition) is 3. The molecule has 0 saturated heterocycles. The molecule has 0 bridgehead atoms. The van der Waals surface area contributed by atoms with Gasteiger partial charge in [0.05, 0.1) is 26.8 Å². The van der Waals surface area contributed by atoms with Gasteiger partial charge in [-0.15, -0.1) is 0 Å². The number of rotatable bonds is 2. The first-order valence-electron chi connectivity index (χ1n) is 7.53. The highest BCUT2D eigenvalue weighted by atomic mass is 35.5. The van der Waals surface area contributed by atoms with E-state index in [2.05, 4.69) is 10.1 Å². The van der Waals surface area contributed by atoms with Crippen molar-refractivity contribution < 1.29 is 4.79 Å². The van der Waals surface area contributed by atoms with Gasteiger partial charge in [0.1, 0.15) is 0 Å². The highest BCUT2D eigenvalue weighted by Crippen LogP contribution is 2.30. The van der Waals surface area contributed by atoms with E-state index in [-0.39, 0.29) is 5.91 Å². The molecule has 0 amide bonds. The monoisotopic (exact) mass is 367 g/mol. The van der Waals surface area contributed by atoms with Crippen LogP contribution in [0.2, 0.25) is 10.0 Å². The largest absolute Gasteiger partial charge is 0.278 e. The van der Waals surface area contributed by atoms with Crippen molar-refractivity contribution in [1.82, 2.24) is 14.8 Å². The Kier molecular flexibility index (Phi) is 3.99. The van der Waals surface area contributed by atoms with Crippen molar-refractivity contribution >= 4 is 40.0 Å². The van der Waals surface area contributed by atoms with Gasteiger partial charge in [0.15, 0.2) is 0 Å². The Morgan fingerprint density at radius 2 is 1.80 bits per heavy atom. The summed E-state index contributed by atoms with van der Waals surface area (Å²) in [4.78, 5) is 17.5. The third kappa shape index (κ3) is 2.90. The summed E-state index contributed by atoms with van der Waals surface area (Å²) >= 11 is 12.1. The van der Waals surface area contributed by atoms with Crippen LogP contribution in [0.1, 0.15) is 10.4 Å². The molecule has 2 aromatic heterocycles. The maximum Gasteiger partial charge on any atom is 0.278 e. The maximum absolute atomic E-state index is 12.9. The molecule has 4 nitrogen and oxygen atoms in total. The molecule has 0 aliphatic heterocycles. The predicted octanol–water partition coefficient (Wildman–Crippen LogP) is 5.09. The second-order valence-electron chi connectivity index (χ2n) is 5.46. The van der Waals surface area contributed by atoms with E-state index in [4.69, 9.17) is 23.2 Å². The van der Waals surface area contributed by atoms with Crippen LogP contribution in [0.15, 0.2) is 67.0 Å². The molecule has 0 unspecified atom stereocenters. The van der Waals surface area contributed by atoms with Crippen LogP contribution in [0.4, 0.5) is 0 Å². The van der Waals surface area contributed by atoms with Gasteiger partial charge in [0.25, 0.3) is 5.91 Å². The third-order valence-electron chi connectivity index (χ3n) is 3.87. The molecule has 0 atom stereocenters. The first kappa shape index (κ1) is 15.8. The zero-order valence-electron chi connectivity index (χ0n) is 12.9. The summed E-state index contributed by atoms with van der Waals surface area (Å²) in [7, 11) is 0. The second kappa shape index (κ2) is 6.31. The fourth-order valence-corrected chi connectivity index (χ4v) is 2.97. The maximum atomic E-state index is 12.9. The van der Waals surface area contributed by atoms with E-state index in [1.54, 1.807) is 36.7 Å². The van der Waals surface area contributed by atoms with E-state index in [9.17, 15) is 4.79 Å². The number of para-hydroxylation sites is 1. The lowest BCUT2D eigenvalue weighted by Gasteiger charge is -2.10. The minimum absolute atomic E-state index is 0.218. The number of carbonyl (C=O) groups is 1. The number of benzene rings is 2. The van der Waals surface area contributed by atoms with E-state index in [0.29, 0.717) is 21.3 Å². The molecule has 2 heterocycles. The van der Waals surface area contributed by atoms with E-state index >= 15 is 0 Å². The summed E-state index contributed by atoms with van der Waals surface area (Å²) in [6.07, 6.45) is 3.19. The van der Waals surface area contributed by atoms with Gasteiger partial charge in [0, 0.05) is 23.3 Å². The summed E-state index contributed by atoms with van der Waals surface area (Å²) in [5.41, 5.74) is 2.68. The van der Waals surface area contributed by atoms with Gasteiger partial charge in [-0.3, -0.25) is 4.79 Å². The van der Waals surface area contributed by atoms with Crippen molar-refractivity contribution in [3.05, 3.63) is 82.6 Å². The number of halogens is 2. The molecule has 2 aromatic carbocycles. The zero-order valence-corrected chi connectivity index (χ0v) is 14.4. The number of pyridine rings is 1. The van der Waals surface area contributed by atoms with Gasteiger partial charge in [-0.25, -0.2) is 9.67 Å². The molecule has 25 heavy (non-hydrogen) atoms. The molecule has 0 aliphatic carbocycles. The van der Waals surface area contributed by atoms with Crippen LogP contribution in [0.3, 0.4) is 0 Å². The van der Waals surface area contributed by atoms with Crippen LogP contribution in [0, 0.1) is 0 Å². The Morgan fingerprint density at radius 3 is 2.56 bits per heavy atom.